The molecule has 0 saturated carbocycles. The molecule has 16 heavy (non-hydrogen) atoms. The summed E-state index contributed by atoms with van der Waals surface area (Å²) in [5.74, 6) is 0.579. The standard InChI is InChI=1S/C12H23NO2.ClH/c1-4-15-11(14)12(8-10(2)3)6-5-7-13-9-12;/h10,13H,4-9H2,1-3H3;1H. The quantitative estimate of drug-likeness (QED) is 0.583. The maximum Gasteiger partial charge on any atom is 0.317 e. The molecule has 0 bridgehead atoms. The van der Waals surface area contributed by atoms with Crippen LogP contribution in [0.5, 0.6) is 0 Å². The highest BCUT2D eigenvalue weighted by Crippen LogP contribution is 2.33. The van der Waals surface area contributed by atoms with E-state index in [-0.39, 0.29) is 23.8 Å². The molecule has 1 fully saturated rings. The molecule has 0 aromatic rings. The largest absolute Gasteiger partial charge is 1.00 e. The van der Waals surface area contributed by atoms with Gasteiger partial charge in [0.05, 0.1) is 19.7 Å². The number of carbonyl (C=O) groups is 1. The lowest BCUT2D eigenvalue weighted by Crippen LogP contribution is -3.00. The number of hydrogen-bond acceptors (Lipinski definition) is 2. The lowest BCUT2D eigenvalue weighted by molar-refractivity contribution is -0.674. The number of hydrogen-bond donors (Lipinski definition) is 1. The predicted octanol–water partition coefficient (Wildman–Crippen LogP) is -2.06. The Morgan fingerprint density at radius 3 is 2.62 bits per heavy atom. The van der Waals surface area contributed by atoms with Gasteiger partial charge in [-0.25, -0.2) is 0 Å². The van der Waals surface area contributed by atoms with Crippen LogP contribution in [-0.2, 0) is 9.53 Å². The van der Waals surface area contributed by atoms with Crippen LogP contribution < -0.4 is 17.7 Å². The van der Waals surface area contributed by atoms with Crippen LogP contribution in [0.1, 0.15) is 40.0 Å². The molecule has 1 aliphatic heterocycles. The zero-order valence-electron chi connectivity index (χ0n) is 10.6. The second kappa shape index (κ2) is 7.13. The third-order valence-electron chi connectivity index (χ3n) is 3.11. The van der Waals surface area contributed by atoms with Gasteiger partial charge < -0.3 is 22.5 Å². The number of ether oxygens (including phenoxy) is 1. The van der Waals surface area contributed by atoms with E-state index < -0.39 is 0 Å². The molecule has 1 atom stereocenters. The minimum atomic E-state index is -0.206. The summed E-state index contributed by atoms with van der Waals surface area (Å²) in [5, 5.41) is 2.25. The van der Waals surface area contributed by atoms with Crippen LogP contribution in [0, 0.1) is 11.3 Å². The Kier molecular flexibility index (Phi) is 7.00. The maximum absolute atomic E-state index is 12.0. The molecule has 1 rings (SSSR count). The van der Waals surface area contributed by atoms with E-state index in [9.17, 15) is 4.79 Å². The summed E-state index contributed by atoms with van der Waals surface area (Å²) in [6.07, 6.45) is 3.09. The fourth-order valence-corrected chi connectivity index (χ4v) is 2.58. The van der Waals surface area contributed by atoms with Gasteiger partial charge in [0, 0.05) is 0 Å². The van der Waals surface area contributed by atoms with Crippen LogP contribution >= 0.6 is 0 Å². The molecule has 1 aliphatic rings. The van der Waals surface area contributed by atoms with E-state index in [1.807, 2.05) is 6.92 Å². The first-order chi connectivity index (χ1) is 7.10. The minimum Gasteiger partial charge on any atom is -1.00 e. The van der Waals surface area contributed by atoms with Crippen molar-refractivity contribution in [3.05, 3.63) is 0 Å². The molecule has 0 spiro atoms. The van der Waals surface area contributed by atoms with Crippen molar-refractivity contribution in [2.24, 2.45) is 11.3 Å². The van der Waals surface area contributed by atoms with E-state index in [0.29, 0.717) is 12.5 Å². The number of esters is 1. The number of carbonyl (C=O) groups excluding carboxylic acids is 1. The highest BCUT2D eigenvalue weighted by molar-refractivity contribution is 5.77. The third kappa shape index (κ3) is 3.95. The molecule has 0 aliphatic carbocycles. The second-order valence-electron chi connectivity index (χ2n) is 4.98. The van der Waals surface area contributed by atoms with Crippen molar-refractivity contribution in [2.45, 2.75) is 40.0 Å². The fraction of sp³-hybridized carbons (Fsp3) is 0.917. The topological polar surface area (TPSA) is 42.9 Å². The molecule has 0 aromatic carbocycles. The summed E-state index contributed by atoms with van der Waals surface area (Å²) in [7, 11) is 0. The highest BCUT2D eigenvalue weighted by atomic mass is 35.5. The van der Waals surface area contributed by atoms with E-state index >= 15 is 0 Å². The average Bonchev–Trinajstić information content (AvgIpc) is 2.18. The zero-order valence-corrected chi connectivity index (χ0v) is 11.3. The molecule has 3 nitrogen and oxygen atoms in total. The minimum absolute atomic E-state index is 0. The summed E-state index contributed by atoms with van der Waals surface area (Å²) < 4.78 is 5.23. The smallest absolute Gasteiger partial charge is 0.317 e. The van der Waals surface area contributed by atoms with Crippen molar-refractivity contribution >= 4 is 5.97 Å². The van der Waals surface area contributed by atoms with Crippen molar-refractivity contribution in [2.75, 3.05) is 19.7 Å². The maximum atomic E-state index is 12.0. The van der Waals surface area contributed by atoms with Crippen LogP contribution in [0.25, 0.3) is 0 Å². The van der Waals surface area contributed by atoms with E-state index in [0.717, 1.165) is 32.4 Å². The van der Waals surface area contributed by atoms with Gasteiger partial charge in [-0.3, -0.25) is 4.79 Å². The molecule has 2 N–H and O–H groups in total. The number of rotatable bonds is 4. The Morgan fingerprint density at radius 1 is 1.50 bits per heavy atom. The van der Waals surface area contributed by atoms with E-state index in [2.05, 4.69) is 19.2 Å². The van der Waals surface area contributed by atoms with E-state index in [4.69, 9.17) is 4.74 Å². The van der Waals surface area contributed by atoms with E-state index in [1.165, 1.54) is 0 Å². The second-order valence-corrected chi connectivity index (χ2v) is 4.98. The Bertz CT molecular complexity index is 213. The summed E-state index contributed by atoms with van der Waals surface area (Å²) in [4.78, 5) is 12.0. The van der Waals surface area contributed by atoms with Gasteiger partial charge >= 0.3 is 5.97 Å². The monoisotopic (exact) mass is 249 g/mol. The van der Waals surface area contributed by atoms with Gasteiger partial charge in [-0.05, 0) is 32.1 Å². The lowest BCUT2D eigenvalue weighted by Gasteiger charge is -2.34. The number of nitrogens with two attached hydrogens (primary N) is 1. The molecule has 1 unspecified atom stereocenters. The summed E-state index contributed by atoms with van der Waals surface area (Å²) in [6.45, 7) is 8.79. The number of halogens is 1. The molecule has 1 saturated heterocycles. The fourth-order valence-electron chi connectivity index (χ4n) is 2.58. The van der Waals surface area contributed by atoms with Crippen molar-refractivity contribution in [3.8, 4) is 0 Å². The normalized spacial score (nSPS) is 25.0. The number of quaternary nitrogens is 1. The first-order valence-corrected chi connectivity index (χ1v) is 6.09. The van der Waals surface area contributed by atoms with Gasteiger partial charge in [-0.2, -0.15) is 0 Å². The van der Waals surface area contributed by atoms with Crippen molar-refractivity contribution < 1.29 is 27.3 Å². The van der Waals surface area contributed by atoms with Crippen molar-refractivity contribution in [1.29, 1.82) is 0 Å². The van der Waals surface area contributed by atoms with Gasteiger partial charge in [-0.15, -0.1) is 0 Å². The van der Waals surface area contributed by atoms with Crippen LogP contribution in [-0.4, -0.2) is 25.7 Å². The van der Waals surface area contributed by atoms with Crippen LogP contribution in [0.3, 0.4) is 0 Å². The van der Waals surface area contributed by atoms with Gasteiger partial charge in [0.15, 0.2) is 0 Å². The Hall–Kier alpha value is -0.280. The van der Waals surface area contributed by atoms with Gasteiger partial charge in [0.25, 0.3) is 0 Å². The molecule has 4 heteroatoms. The molecule has 0 radical (unpaired) electrons. The first-order valence-electron chi connectivity index (χ1n) is 6.09. The Morgan fingerprint density at radius 2 is 2.19 bits per heavy atom. The molecule has 1 heterocycles. The van der Waals surface area contributed by atoms with Crippen molar-refractivity contribution in [1.82, 2.24) is 0 Å². The van der Waals surface area contributed by atoms with Crippen LogP contribution in [0.15, 0.2) is 0 Å². The van der Waals surface area contributed by atoms with Crippen molar-refractivity contribution in [3.63, 3.8) is 0 Å². The lowest BCUT2D eigenvalue weighted by atomic mass is 9.74. The summed E-state index contributed by atoms with van der Waals surface area (Å²) in [6, 6.07) is 0. The molecule has 0 amide bonds. The highest BCUT2D eigenvalue weighted by Gasteiger charge is 2.43. The van der Waals surface area contributed by atoms with Gasteiger partial charge in [-0.1, -0.05) is 13.8 Å². The average molecular weight is 250 g/mol. The Balaban J connectivity index is 0.00000225. The number of piperidine rings is 1. The predicted molar refractivity (Wildman–Crippen MR) is 59.4 cm³/mol. The molecular weight excluding hydrogens is 226 g/mol. The third-order valence-corrected chi connectivity index (χ3v) is 3.11. The molecule has 0 aromatic heterocycles. The summed E-state index contributed by atoms with van der Waals surface area (Å²) >= 11 is 0. The summed E-state index contributed by atoms with van der Waals surface area (Å²) in [5.41, 5.74) is -0.206. The van der Waals surface area contributed by atoms with E-state index in [1.54, 1.807) is 0 Å². The Labute approximate surface area is 105 Å². The molecular formula is C12H24ClNO2. The zero-order chi connectivity index (χ0) is 11.3. The van der Waals surface area contributed by atoms with Gasteiger partial charge in [0.2, 0.25) is 0 Å². The van der Waals surface area contributed by atoms with Crippen LogP contribution in [0.2, 0.25) is 0 Å². The van der Waals surface area contributed by atoms with Gasteiger partial charge in [0.1, 0.15) is 5.41 Å². The molecule has 96 valence electrons. The van der Waals surface area contributed by atoms with Crippen LogP contribution in [0.4, 0.5) is 0 Å². The SMILES string of the molecule is CCOC(=O)C1(CC(C)C)CCC[NH2+]C1.[Cl-]. The first kappa shape index (κ1) is 15.7.